The SMILES string of the molecule is COc1ccccc1CCN=C(N)NS(=O)(=O)c1ccc(OC)c(OC)c1. The number of benzene rings is 2. The van der Waals surface area contributed by atoms with Crippen molar-refractivity contribution in [1.82, 2.24) is 4.72 Å². The van der Waals surface area contributed by atoms with E-state index in [-0.39, 0.29) is 10.9 Å². The Morgan fingerprint density at radius 1 is 1.00 bits per heavy atom. The Labute approximate surface area is 159 Å². The van der Waals surface area contributed by atoms with Gasteiger partial charge in [0.2, 0.25) is 5.96 Å². The molecule has 0 aliphatic heterocycles. The van der Waals surface area contributed by atoms with E-state index in [1.165, 1.54) is 32.4 Å². The third kappa shape index (κ3) is 5.27. The number of ether oxygens (including phenoxy) is 3. The van der Waals surface area contributed by atoms with Crippen molar-refractivity contribution in [3.8, 4) is 17.2 Å². The van der Waals surface area contributed by atoms with Crippen molar-refractivity contribution in [2.24, 2.45) is 10.7 Å². The van der Waals surface area contributed by atoms with E-state index in [0.29, 0.717) is 24.5 Å². The molecule has 9 heteroatoms. The molecule has 0 bridgehead atoms. The summed E-state index contributed by atoms with van der Waals surface area (Å²) in [6.07, 6.45) is 0.558. The lowest BCUT2D eigenvalue weighted by Crippen LogP contribution is -2.37. The van der Waals surface area contributed by atoms with E-state index in [0.717, 1.165) is 11.3 Å². The van der Waals surface area contributed by atoms with Gasteiger partial charge in [0.25, 0.3) is 10.0 Å². The minimum Gasteiger partial charge on any atom is -0.496 e. The number of hydrogen-bond donors (Lipinski definition) is 2. The van der Waals surface area contributed by atoms with E-state index in [9.17, 15) is 8.42 Å². The van der Waals surface area contributed by atoms with Gasteiger partial charge in [0.05, 0.1) is 26.2 Å². The number of para-hydroxylation sites is 1. The highest BCUT2D eigenvalue weighted by molar-refractivity contribution is 7.90. The predicted molar refractivity (Wildman–Crippen MR) is 103 cm³/mol. The van der Waals surface area contributed by atoms with Crippen LogP contribution in [0.1, 0.15) is 5.56 Å². The summed E-state index contributed by atoms with van der Waals surface area (Å²) in [6.45, 7) is 0.306. The molecule has 0 heterocycles. The van der Waals surface area contributed by atoms with Gasteiger partial charge in [-0.25, -0.2) is 13.1 Å². The number of methoxy groups -OCH3 is 3. The largest absolute Gasteiger partial charge is 0.496 e. The Morgan fingerprint density at radius 2 is 1.67 bits per heavy atom. The summed E-state index contributed by atoms with van der Waals surface area (Å²) < 4.78 is 42.7. The number of sulfonamides is 1. The Morgan fingerprint density at radius 3 is 2.33 bits per heavy atom. The highest BCUT2D eigenvalue weighted by atomic mass is 32.2. The molecule has 0 fully saturated rings. The molecule has 2 rings (SSSR count). The number of aliphatic imine (C=N–C) groups is 1. The van der Waals surface area contributed by atoms with Gasteiger partial charge in [-0.1, -0.05) is 18.2 Å². The van der Waals surface area contributed by atoms with Crippen molar-refractivity contribution in [3.05, 3.63) is 48.0 Å². The van der Waals surface area contributed by atoms with E-state index < -0.39 is 10.0 Å². The van der Waals surface area contributed by atoms with Crippen LogP contribution >= 0.6 is 0 Å². The van der Waals surface area contributed by atoms with Crippen molar-refractivity contribution in [1.29, 1.82) is 0 Å². The number of guanidine groups is 1. The van der Waals surface area contributed by atoms with Crippen molar-refractivity contribution >= 4 is 16.0 Å². The molecule has 2 aromatic rings. The molecular formula is C18H23N3O5S. The summed E-state index contributed by atoms with van der Waals surface area (Å²) >= 11 is 0. The molecule has 0 unspecified atom stereocenters. The number of nitrogens with one attached hydrogen (secondary N) is 1. The van der Waals surface area contributed by atoms with Crippen LogP contribution in [0.2, 0.25) is 0 Å². The second-order valence-electron chi connectivity index (χ2n) is 5.45. The molecular weight excluding hydrogens is 370 g/mol. The number of rotatable bonds is 8. The zero-order chi connectivity index (χ0) is 19.9. The molecule has 27 heavy (non-hydrogen) atoms. The molecule has 0 radical (unpaired) electrons. The van der Waals surface area contributed by atoms with Crippen LogP contribution in [0, 0.1) is 0 Å². The molecule has 0 atom stereocenters. The maximum atomic E-state index is 12.5. The molecule has 0 amide bonds. The summed E-state index contributed by atoms with van der Waals surface area (Å²) in [7, 11) is 0.595. The fourth-order valence-corrected chi connectivity index (χ4v) is 3.39. The average molecular weight is 393 g/mol. The van der Waals surface area contributed by atoms with Gasteiger partial charge in [-0.2, -0.15) is 0 Å². The molecule has 0 aliphatic rings. The minimum atomic E-state index is -3.89. The molecule has 8 nitrogen and oxygen atoms in total. The molecule has 0 aliphatic carbocycles. The minimum absolute atomic E-state index is 0.0111. The first-order valence-corrected chi connectivity index (χ1v) is 9.56. The van der Waals surface area contributed by atoms with Crippen LogP contribution in [0.5, 0.6) is 17.2 Å². The summed E-state index contributed by atoms with van der Waals surface area (Å²) in [5.41, 5.74) is 6.69. The van der Waals surface area contributed by atoms with Gasteiger partial charge in [0, 0.05) is 12.6 Å². The maximum Gasteiger partial charge on any atom is 0.264 e. The van der Waals surface area contributed by atoms with E-state index in [2.05, 4.69) is 9.71 Å². The Kier molecular flexibility index (Phi) is 6.89. The van der Waals surface area contributed by atoms with Crippen LogP contribution in [-0.4, -0.2) is 42.3 Å². The molecule has 0 aromatic heterocycles. The fourth-order valence-electron chi connectivity index (χ4n) is 2.42. The van der Waals surface area contributed by atoms with Gasteiger partial charge in [0.1, 0.15) is 5.75 Å². The molecule has 146 valence electrons. The monoisotopic (exact) mass is 393 g/mol. The highest BCUT2D eigenvalue weighted by Crippen LogP contribution is 2.29. The van der Waals surface area contributed by atoms with Gasteiger partial charge < -0.3 is 19.9 Å². The number of nitrogens with zero attached hydrogens (tertiary/aromatic N) is 1. The number of hydrogen-bond acceptors (Lipinski definition) is 6. The fraction of sp³-hybridized carbons (Fsp3) is 0.278. The maximum absolute atomic E-state index is 12.5. The van der Waals surface area contributed by atoms with Crippen LogP contribution < -0.4 is 24.7 Å². The number of nitrogens with two attached hydrogens (primary N) is 1. The quantitative estimate of drug-likeness (QED) is 0.520. The average Bonchev–Trinajstić information content (AvgIpc) is 2.67. The molecule has 0 spiro atoms. The van der Waals surface area contributed by atoms with E-state index >= 15 is 0 Å². The normalized spacial score (nSPS) is 11.7. The van der Waals surface area contributed by atoms with Gasteiger partial charge in [-0.3, -0.25) is 4.99 Å². The lowest BCUT2D eigenvalue weighted by Gasteiger charge is -2.11. The third-order valence-corrected chi connectivity index (χ3v) is 5.11. The lowest BCUT2D eigenvalue weighted by atomic mass is 10.1. The molecule has 0 saturated heterocycles. The summed E-state index contributed by atoms with van der Waals surface area (Å²) in [4.78, 5) is 4.06. The first-order valence-electron chi connectivity index (χ1n) is 8.08. The van der Waals surface area contributed by atoms with Crippen LogP contribution in [-0.2, 0) is 16.4 Å². The van der Waals surface area contributed by atoms with Crippen molar-refractivity contribution < 1.29 is 22.6 Å². The topological polar surface area (TPSA) is 112 Å². The highest BCUT2D eigenvalue weighted by Gasteiger charge is 2.18. The van der Waals surface area contributed by atoms with Crippen LogP contribution in [0.3, 0.4) is 0 Å². The summed E-state index contributed by atoms with van der Waals surface area (Å²) in [5, 5.41) is 0. The van der Waals surface area contributed by atoms with Crippen LogP contribution in [0.15, 0.2) is 52.4 Å². The summed E-state index contributed by atoms with van der Waals surface area (Å²) in [6, 6.07) is 11.8. The second kappa shape index (κ2) is 9.13. The van der Waals surface area contributed by atoms with Gasteiger partial charge in [0.15, 0.2) is 11.5 Å². The Hall–Kier alpha value is -2.94. The van der Waals surface area contributed by atoms with Gasteiger partial charge in [-0.05, 0) is 30.2 Å². The van der Waals surface area contributed by atoms with Crippen LogP contribution in [0.4, 0.5) is 0 Å². The molecule has 0 saturated carbocycles. The van der Waals surface area contributed by atoms with E-state index in [4.69, 9.17) is 19.9 Å². The molecule has 2 aromatic carbocycles. The van der Waals surface area contributed by atoms with Crippen molar-refractivity contribution in [3.63, 3.8) is 0 Å². The van der Waals surface area contributed by atoms with Crippen LogP contribution in [0.25, 0.3) is 0 Å². The van der Waals surface area contributed by atoms with Gasteiger partial charge >= 0.3 is 0 Å². The lowest BCUT2D eigenvalue weighted by molar-refractivity contribution is 0.354. The van der Waals surface area contributed by atoms with E-state index in [1.807, 2.05) is 24.3 Å². The van der Waals surface area contributed by atoms with Crippen molar-refractivity contribution in [2.45, 2.75) is 11.3 Å². The third-order valence-electron chi connectivity index (χ3n) is 3.76. The summed E-state index contributed by atoms with van der Waals surface area (Å²) in [5.74, 6) is 1.28. The standard InChI is InChI=1S/C18H23N3O5S/c1-24-15-7-5-4-6-13(15)10-11-20-18(19)21-27(22,23)14-8-9-16(25-2)17(12-14)26-3/h4-9,12H,10-11H2,1-3H3,(H3,19,20,21). The second-order valence-corrected chi connectivity index (χ2v) is 7.13. The zero-order valence-electron chi connectivity index (χ0n) is 15.4. The first-order chi connectivity index (χ1) is 12.9. The Balaban J connectivity index is 2.07. The smallest absolute Gasteiger partial charge is 0.264 e. The van der Waals surface area contributed by atoms with Gasteiger partial charge in [-0.15, -0.1) is 0 Å². The van der Waals surface area contributed by atoms with Crippen molar-refractivity contribution in [2.75, 3.05) is 27.9 Å². The first kappa shape index (κ1) is 20.4. The van der Waals surface area contributed by atoms with E-state index in [1.54, 1.807) is 7.11 Å². The predicted octanol–water partition coefficient (Wildman–Crippen LogP) is 1.55. The Bertz CT molecular complexity index is 913. The zero-order valence-corrected chi connectivity index (χ0v) is 16.2. The molecule has 3 N–H and O–H groups in total.